The van der Waals surface area contributed by atoms with Gasteiger partial charge in [0.15, 0.2) is 0 Å². The van der Waals surface area contributed by atoms with Gasteiger partial charge in [0, 0.05) is 28.3 Å². The molecular formula is C14H21NOS. The lowest BCUT2D eigenvalue weighted by Gasteiger charge is -2.26. The van der Waals surface area contributed by atoms with Crippen molar-refractivity contribution in [2.24, 2.45) is 5.73 Å². The number of hydrogen-bond acceptors (Lipinski definition) is 2. The lowest BCUT2D eigenvalue weighted by Crippen LogP contribution is -2.27. The van der Waals surface area contributed by atoms with Gasteiger partial charge in [0.2, 0.25) is 0 Å². The third-order valence-corrected chi connectivity index (χ3v) is 5.46. The minimum atomic E-state index is -0.795. The molecule has 17 heavy (non-hydrogen) atoms. The van der Waals surface area contributed by atoms with Gasteiger partial charge in [-0.1, -0.05) is 24.3 Å². The highest BCUT2D eigenvalue weighted by molar-refractivity contribution is 7.85. The zero-order chi connectivity index (χ0) is 12.3. The summed E-state index contributed by atoms with van der Waals surface area (Å²) in [5.41, 5.74) is 8.44. The normalized spacial score (nSPS) is 22.8. The van der Waals surface area contributed by atoms with E-state index in [4.69, 9.17) is 5.73 Å². The van der Waals surface area contributed by atoms with Crippen LogP contribution in [-0.4, -0.2) is 21.8 Å². The molecule has 1 aromatic rings. The van der Waals surface area contributed by atoms with Gasteiger partial charge in [-0.25, -0.2) is 0 Å². The van der Waals surface area contributed by atoms with Gasteiger partial charge in [0.05, 0.1) is 0 Å². The maximum atomic E-state index is 12.1. The van der Waals surface area contributed by atoms with E-state index in [-0.39, 0.29) is 5.25 Å². The molecule has 94 valence electrons. The van der Waals surface area contributed by atoms with Crippen molar-refractivity contribution < 1.29 is 4.21 Å². The van der Waals surface area contributed by atoms with Crippen molar-refractivity contribution >= 4 is 10.8 Å². The number of aryl methyl sites for hydroxylation is 1. The standard InChI is InChI=1S/C14H21NOS/c1-11(9-15)17(16)10-13-7-4-6-12-5-2-3-8-14(12)13/h2-3,5,8,11,13H,4,6-7,9-10,15H2,1H3. The van der Waals surface area contributed by atoms with Crippen molar-refractivity contribution in [1.82, 2.24) is 0 Å². The number of hydrogen-bond donors (Lipinski definition) is 1. The third kappa shape index (κ3) is 2.96. The molecule has 0 fully saturated rings. The highest BCUT2D eigenvalue weighted by Crippen LogP contribution is 2.32. The van der Waals surface area contributed by atoms with Crippen molar-refractivity contribution in [3.8, 4) is 0 Å². The molecule has 2 nitrogen and oxygen atoms in total. The predicted molar refractivity (Wildman–Crippen MR) is 73.6 cm³/mol. The van der Waals surface area contributed by atoms with Crippen molar-refractivity contribution in [2.45, 2.75) is 37.4 Å². The van der Waals surface area contributed by atoms with Crippen LogP contribution >= 0.6 is 0 Å². The van der Waals surface area contributed by atoms with Gasteiger partial charge in [0.1, 0.15) is 0 Å². The fourth-order valence-corrected chi connectivity index (χ4v) is 3.78. The van der Waals surface area contributed by atoms with E-state index in [0.717, 1.165) is 5.75 Å². The summed E-state index contributed by atoms with van der Waals surface area (Å²) in [5, 5.41) is 0.115. The molecule has 0 saturated carbocycles. The monoisotopic (exact) mass is 251 g/mol. The number of nitrogens with two attached hydrogens (primary N) is 1. The molecule has 0 amide bonds. The van der Waals surface area contributed by atoms with Crippen LogP contribution in [0.2, 0.25) is 0 Å². The Morgan fingerprint density at radius 1 is 1.47 bits per heavy atom. The molecule has 1 aliphatic rings. The number of rotatable bonds is 4. The van der Waals surface area contributed by atoms with E-state index < -0.39 is 10.8 Å². The second kappa shape index (κ2) is 5.78. The second-order valence-electron chi connectivity index (χ2n) is 4.88. The average molecular weight is 251 g/mol. The van der Waals surface area contributed by atoms with Crippen molar-refractivity contribution in [1.29, 1.82) is 0 Å². The molecule has 0 spiro atoms. The smallest absolute Gasteiger partial charge is 0.0442 e. The Bertz CT molecular complexity index is 405. The van der Waals surface area contributed by atoms with E-state index >= 15 is 0 Å². The second-order valence-corrected chi connectivity index (χ2v) is 6.78. The van der Waals surface area contributed by atoms with Crippen LogP contribution in [0, 0.1) is 0 Å². The zero-order valence-electron chi connectivity index (χ0n) is 10.4. The predicted octanol–water partition coefficient (Wildman–Crippen LogP) is 2.20. The van der Waals surface area contributed by atoms with Gasteiger partial charge in [0.25, 0.3) is 0 Å². The van der Waals surface area contributed by atoms with Crippen molar-refractivity contribution in [3.63, 3.8) is 0 Å². The van der Waals surface area contributed by atoms with Crippen molar-refractivity contribution in [3.05, 3.63) is 35.4 Å². The maximum absolute atomic E-state index is 12.1. The van der Waals surface area contributed by atoms with E-state index in [1.54, 1.807) is 0 Å². The summed E-state index contributed by atoms with van der Waals surface area (Å²) in [6, 6.07) is 8.59. The Morgan fingerprint density at radius 2 is 2.24 bits per heavy atom. The average Bonchev–Trinajstić information content (AvgIpc) is 2.38. The van der Waals surface area contributed by atoms with E-state index in [9.17, 15) is 4.21 Å². The van der Waals surface area contributed by atoms with E-state index in [1.807, 2.05) is 6.92 Å². The van der Waals surface area contributed by atoms with Crippen LogP contribution in [0.3, 0.4) is 0 Å². The molecule has 0 saturated heterocycles. The van der Waals surface area contributed by atoms with Crippen LogP contribution in [0.15, 0.2) is 24.3 Å². The molecule has 3 heteroatoms. The zero-order valence-corrected chi connectivity index (χ0v) is 11.2. The molecule has 0 aromatic heterocycles. The van der Waals surface area contributed by atoms with Crippen molar-refractivity contribution in [2.75, 3.05) is 12.3 Å². The molecule has 2 N–H and O–H groups in total. The number of benzene rings is 1. The quantitative estimate of drug-likeness (QED) is 0.891. The van der Waals surface area contributed by atoms with Crippen LogP contribution in [0.1, 0.15) is 36.8 Å². The highest BCUT2D eigenvalue weighted by Gasteiger charge is 2.23. The third-order valence-electron chi connectivity index (χ3n) is 3.64. The number of fused-ring (bicyclic) bond motifs is 1. The molecule has 0 radical (unpaired) electrons. The first-order valence-electron chi connectivity index (χ1n) is 6.37. The highest BCUT2D eigenvalue weighted by atomic mass is 32.2. The summed E-state index contributed by atoms with van der Waals surface area (Å²) in [5.74, 6) is 1.24. The van der Waals surface area contributed by atoms with Gasteiger partial charge in [-0.15, -0.1) is 0 Å². The molecule has 2 rings (SSSR count). The van der Waals surface area contributed by atoms with Crippen LogP contribution in [0.5, 0.6) is 0 Å². The topological polar surface area (TPSA) is 43.1 Å². The molecule has 0 aliphatic heterocycles. The summed E-state index contributed by atoms with van der Waals surface area (Å²) in [4.78, 5) is 0. The van der Waals surface area contributed by atoms with Gasteiger partial charge in [-0.05, 0) is 43.2 Å². The molecule has 0 heterocycles. The summed E-state index contributed by atoms with van der Waals surface area (Å²) in [6.07, 6.45) is 3.56. The van der Waals surface area contributed by atoms with E-state index in [0.29, 0.717) is 12.5 Å². The summed E-state index contributed by atoms with van der Waals surface area (Å²) < 4.78 is 12.1. The van der Waals surface area contributed by atoms with Gasteiger partial charge in [-0.3, -0.25) is 4.21 Å². The van der Waals surface area contributed by atoms with E-state index in [2.05, 4.69) is 24.3 Å². The first-order valence-corrected chi connectivity index (χ1v) is 7.75. The molecule has 3 unspecified atom stereocenters. The first kappa shape index (κ1) is 12.8. The fourth-order valence-electron chi connectivity index (χ4n) is 2.50. The Balaban J connectivity index is 2.11. The lowest BCUT2D eigenvalue weighted by atomic mass is 9.84. The van der Waals surface area contributed by atoms with Gasteiger partial charge < -0.3 is 5.73 Å². The van der Waals surface area contributed by atoms with E-state index in [1.165, 1.54) is 30.4 Å². The van der Waals surface area contributed by atoms with Crippen LogP contribution < -0.4 is 5.73 Å². The fraction of sp³-hybridized carbons (Fsp3) is 0.571. The summed E-state index contributed by atoms with van der Waals surface area (Å²) >= 11 is 0. The van der Waals surface area contributed by atoms with Crippen LogP contribution in [0.25, 0.3) is 0 Å². The molecule has 0 bridgehead atoms. The molecule has 1 aromatic carbocycles. The van der Waals surface area contributed by atoms with Gasteiger partial charge in [-0.2, -0.15) is 0 Å². The maximum Gasteiger partial charge on any atom is 0.0442 e. The Hall–Kier alpha value is -0.670. The minimum Gasteiger partial charge on any atom is -0.329 e. The SMILES string of the molecule is CC(CN)S(=O)CC1CCCc2ccccc21. The van der Waals surface area contributed by atoms with Gasteiger partial charge >= 0.3 is 0 Å². The Morgan fingerprint density at radius 3 is 3.00 bits per heavy atom. The summed E-state index contributed by atoms with van der Waals surface area (Å²) in [6.45, 7) is 2.49. The minimum absolute atomic E-state index is 0.115. The first-order chi connectivity index (χ1) is 8.22. The Labute approximate surface area is 106 Å². The molecule has 3 atom stereocenters. The Kier molecular flexibility index (Phi) is 4.35. The largest absolute Gasteiger partial charge is 0.329 e. The van der Waals surface area contributed by atoms with Crippen LogP contribution in [-0.2, 0) is 17.2 Å². The van der Waals surface area contributed by atoms with Crippen LogP contribution in [0.4, 0.5) is 0 Å². The summed E-state index contributed by atoms with van der Waals surface area (Å²) in [7, 11) is -0.795. The molecule has 1 aliphatic carbocycles. The lowest BCUT2D eigenvalue weighted by molar-refractivity contribution is 0.585. The molecular weight excluding hydrogens is 230 g/mol.